The molecule has 0 saturated carbocycles. The van der Waals surface area contributed by atoms with E-state index in [0.29, 0.717) is 22.3 Å². The van der Waals surface area contributed by atoms with Gasteiger partial charge < -0.3 is 24.3 Å². The largest absolute Gasteiger partial charge is 0.493 e. The maximum atomic E-state index is 12.4. The Labute approximate surface area is 162 Å². The number of hydrogen-bond donors (Lipinski definition) is 1. The number of anilines is 1. The van der Waals surface area contributed by atoms with Crippen molar-refractivity contribution in [2.45, 2.75) is 20.3 Å². The highest BCUT2D eigenvalue weighted by Crippen LogP contribution is 2.38. The van der Waals surface area contributed by atoms with E-state index in [1.807, 2.05) is 0 Å². The molecule has 0 atom stereocenters. The summed E-state index contributed by atoms with van der Waals surface area (Å²) in [5.41, 5.74) is 0.366. The van der Waals surface area contributed by atoms with Crippen LogP contribution >= 0.6 is 0 Å². The number of fused-ring (bicyclic) bond motifs is 1. The first-order valence-electron chi connectivity index (χ1n) is 8.76. The first-order valence-corrected chi connectivity index (χ1v) is 8.76. The molecule has 2 aromatic carbocycles. The fourth-order valence-electron chi connectivity index (χ4n) is 2.71. The molecule has 0 radical (unpaired) electrons. The predicted octanol–water partition coefficient (Wildman–Crippen LogP) is 2.93. The highest BCUT2D eigenvalue weighted by atomic mass is 16.5. The average molecular weight is 389 g/mol. The Kier molecular flexibility index (Phi) is 7.20. The number of ether oxygens (including phenoxy) is 4. The predicted molar refractivity (Wildman–Crippen MR) is 103 cm³/mol. The molecule has 150 valence electrons. The van der Waals surface area contributed by atoms with Crippen molar-refractivity contribution >= 4 is 34.3 Å². The van der Waals surface area contributed by atoms with E-state index < -0.39 is 24.3 Å². The Hall–Kier alpha value is -3.29. The van der Waals surface area contributed by atoms with Gasteiger partial charge in [-0.05, 0) is 37.4 Å². The number of nitrogens with one attached hydrogen (secondary N) is 1. The number of hydrogen-bond acceptors (Lipinski definition) is 7. The quantitative estimate of drug-likeness (QED) is 0.547. The molecule has 1 N–H and O–H groups in total. The van der Waals surface area contributed by atoms with Crippen LogP contribution in [0.15, 0.2) is 24.3 Å². The molecule has 0 aromatic heterocycles. The molecular weight excluding hydrogens is 366 g/mol. The lowest BCUT2D eigenvalue weighted by Gasteiger charge is -2.15. The Morgan fingerprint density at radius 2 is 1.68 bits per heavy atom. The molecule has 1 amide bonds. The van der Waals surface area contributed by atoms with Crippen LogP contribution < -0.4 is 14.8 Å². The second-order valence-electron chi connectivity index (χ2n) is 5.67. The number of carbonyl (C=O) groups excluding carboxylic acids is 3. The van der Waals surface area contributed by atoms with Gasteiger partial charge in [0.2, 0.25) is 5.91 Å². The minimum absolute atomic E-state index is 0.137. The van der Waals surface area contributed by atoms with Gasteiger partial charge in [0.15, 0.2) is 11.5 Å². The van der Waals surface area contributed by atoms with Crippen molar-refractivity contribution in [1.29, 1.82) is 0 Å². The second-order valence-corrected chi connectivity index (χ2v) is 5.67. The summed E-state index contributed by atoms with van der Waals surface area (Å²) in [7, 11) is 3.01. The molecule has 8 nitrogen and oxygen atoms in total. The molecule has 0 aliphatic carbocycles. The van der Waals surface area contributed by atoms with E-state index in [4.69, 9.17) is 18.9 Å². The highest BCUT2D eigenvalue weighted by molar-refractivity contribution is 6.09. The van der Waals surface area contributed by atoms with Gasteiger partial charge in [0, 0.05) is 5.39 Å². The summed E-state index contributed by atoms with van der Waals surface area (Å²) >= 11 is 0. The minimum atomic E-state index is -0.648. The number of benzene rings is 2. The molecule has 2 rings (SSSR count). The van der Waals surface area contributed by atoms with E-state index in [-0.39, 0.29) is 24.5 Å². The van der Waals surface area contributed by atoms with Crippen LogP contribution in [-0.4, -0.2) is 45.3 Å². The van der Waals surface area contributed by atoms with E-state index >= 15 is 0 Å². The van der Waals surface area contributed by atoms with Crippen molar-refractivity contribution < 1.29 is 33.3 Å². The molecule has 28 heavy (non-hydrogen) atoms. The van der Waals surface area contributed by atoms with Gasteiger partial charge >= 0.3 is 11.9 Å². The third-order valence-electron chi connectivity index (χ3n) is 3.88. The molecule has 0 unspecified atom stereocenters. The van der Waals surface area contributed by atoms with Gasteiger partial charge in [-0.25, -0.2) is 4.79 Å². The molecular formula is C20H23NO7. The van der Waals surface area contributed by atoms with Crippen LogP contribution in [0.1, 0.15) is 30.6 Å². The van der Waals surface area contributed by atoms with Crippen LogP contribution in [0.5, 0.6) is 11.5 Å². The Balaban J connectivity index is 2.51. The fraction of sp³-hybridized carbons (Fsp3) is 0.350. The zero-order valence-electron chi connectivity index (χ0n) is 16.3. The lowest BCUT2D eigenvalue weighted by Crippen LogP contribution is -2.20. The smallest absolute Gasteiger partial charge is 0.340 e. The first kappa shape index (κ1) is 21.0. The van der Waals surface area contributed by atoms with E-state index in [0.717, 1.165) is 0 Å². The Bertz CT molecular complexity index is 892. The van der Waals surface area contributed by atoms with Crippen LogP contribution in [-0.2, 0) is 19.1 Å². The summed E-state index contributed by atoms with van der Waals surface area (Å²) in [6.07, 6.45) is -0.458. The van der Waals surface area contributed by atoms with Gasteiger partial charge in [-0.15, -0.1) is 0 Å². The highest BCUT2D eigenvalue weighted by Gasteiger charge is 2.20. The molecule has 8 heteroatoms. The summed E-state index contributed by atoms with van der Waals surface area (Å²) < 4.78 is 20.6. The SMILES string of the molecule is CCOC(=O)CC(=O)Nc1cc2ccc(OC)c(OC)c2cc1C(=O)OCC. The van der Waals surface area contributed by atoms with Crippen LogP contribution in [0, 0.1) is 0 Å². The van der Waals surface area contributed by atoms with Gasteiger partial charge in [0.05, 0.1) is 38.7 Å². The van der Waals surface area contributed by atoms with Gasteiger partial charge in [-0.2, -0.15) is 0 Å². The van der Waals surface area contributed by atoms with Gasteiger partial charge in [-0.1, -0.05) is 6.07 Å². The number of methoxy groups -OCH3 is 2. The third kappa shape index (κ3) is 4.70. The summed E-state index contributed by atoms with van der Waals surface area (Å²) in [4.78, 5) is 36.1. The molecule has 0 saturated heterocycles. The maximum absolute atomic E-state index is 12.4. The van der Waals surface area contributed by atoms with E-state index in [1.54, 1.807) is 38.1 Å². The van der Waals surface area contributed by atoms with Crippen molar-refractivity contribution in [3.8, 4) is 11.5 Å². The third-order valence-corrected chi connectivity index (χ3v) is 3.88. The Morgan fingerprint density at radius 1 is 0.964 bits per heavy atom. The lowest BCUT2D eigenvalue weighted by molar-refractivity contribution is -0.145. The van der Waals surface area contributed by atoms with Crippen LogP contribution in [0.2, 0.25) is 0 Å². The van der Waals surface area contributed by atoms with Crippen molar-refractivity contribution in [3.63, 3.8) is 0 Å². The molecule has 0 aliphatic heterocycles. The summed E-state index contributed by atoms with van der Waals surface area (Å²) in [6.45, 7) is 3.68. The summed E-state index contributed by atoms with van der Waals surface area (Å²) in [6, 6.07) is 6.67. The summed E-state index contributed by atoms with van der Waals surface area (Å²) in [5.74, 6) is -0.895. The monoisotopic (exact) mass is 389 g/mol. The number of rotatable bonds is 8. The fourth-order valence-corrected chi connectivity index (χ4v) is 2.71. The maximum Gasteiger partial charge on any atom is 0.340 e. The zero-order valence-corrected chi connectivity index (χ0v) is 16.3. The topological polar surface area (TPSA) is 100 Å². The first-order chi connectivity index (χ1) is 13.4. The van der Waals surface area contributed by atoms with E-state index in [1.165, 1.54) is 14.2 Å². The zero-order chi connectivity index (χ0) is 20.7. The van der Waals surface area contributed by atoms with E-state index in [9.17, 15) is 14.4 Å². The molecule has 0 aliphatic rings. The molecule has 0 fully saturated rings. The normalized spacial score (nSPS) is 10.3. The average Bonchev–Trinajstić information content (AvgIpc) is 2.66. The van der Waals surface area contributed by atoms with Gasteiger partial charge in [0.1, 0.15) is 6.42 Å². The lowest BCUT2D eigenvalue weighted by atomic mass is 10.0. The van der Waals surface area contributed by atoms with Gasteiger partial charge in [-0.3, -0.25) is 9.59 Å². The van der Waals surface area contributed by atoms with Crippen LogP contribution in [0.25, 0.3) is 10.8 Å². The minimum Gasteiger partial charge on any atom is -0.493 e. The molecule has 0 bridgehead atoms. The van der Waals surface area contributed by atoms with E-state index in [2.05, 4.69) is 5.32 Å². The molecule has 0 heterocycles. The van der Waals surface area contributed by atoms with Crippen molar-refractivity contribution in [3.05, 3.63) is 29.8 Å². The molecule has 2 aromatic rings. The number of esters is 2. The number of carbonyl (C=O) groups is 3. The second kappa shape index (κ2) is 9.59. The molecule has 0 spiro atoms. The summed E-state index contributed by atoms with van der Waals surface area (Å²) in [5, 5.41) is 3.91. The van der Waals surface area contributed by atoms with Crippen molar-refractivity contribution in [1.82, 2.24) is 0 Å². The number of amides is 1. The van der Waals surface area contributed by atoms with Crippen molar-refractivity contribution in [2.24, 2.45) is 0 Å². The van der Waals surface area contributed by atoms with Crippen LogP contribution in [0.3, 0.4) is 0 Å². The van der Waals surface area contributed by atoms with Crippen molar-refractivity contribution in [2.75, 3.05) is 32.8 Å². The van der Waals surface area contributed by atoms with Crippen LogP contribution in [0.4, 0.5) is 5.69 Å². The standard InChI is InChI=1S/C20H23NO7/c1-5-27-18(23)11-17(22)21-15-9-12-7-8-16(25-3)19(26-4)13(12)10-14(15)20(24)28-6-2/h7-10H,5-6,11H2,1-4H3,(H,21,22). The van der Waals surface area contributed by atoms with Gasteiger partial charge in [0.25, 0.3) is 0 Å². The Morgan fingerprint density at radius 3 is 2.29 bits per heavy atom.